The average molecular weight is 511 g/mol. The van der Waals surface area contributed by atoms with E-state index >= 15 is 0 Å². The number of carbonyl (C=O) groups is 1. The van der Waals surface area contributed by atoms with Gasteiger partial charge in [0.25, 0.3) is 0 Å². The fourth-order valence-electron chi connectivity index (χ4n) is 3.28. The number of hydrogen-bond donors (Lipinski definition) is 0. The van der Waals surface area contributed by atoms with Crippen molar-refractivity contribution in [3.05, 3.63) is 92.4 Å². The van der Waals surface area contributed by atoms with Gasteiger partial charge in [0.1, 0.15) is 5.75 Å². The summed E-state index contributed by atoms with van der Waals surface area (Å²) in [6.45, 7) is 4.02. The minimum Gasteiger partial charge on any atom is -0.423 e. The quantitative estimate of drug-likeness (QED) is 0.215. The summed E-state index contributed by atoms with van der Waals surface area (Å²) in [5.41, 5.74) is 5.08. The lowest BCUT2D eigenvalue weighted by Gasteiger charge is -2.12. The summed E-state index contributed by atoms with van der Waals surface area (Å²) in [5.74, 6) is 0.0980. The van der Waals surface area contributed by atoms with Crippen LogP contribution in [-0.4, -0.2) is 11.0 Å². The fourth-order valence-corrected chi connectivity index (χ4v) is 3.81. The van der Waals surface area contributed by atoms with Crippen molar-refractivity contribution in [1.29, 1.82) is 0 Å². The van der Waals surface area contributed by atoms with Crippen molar-refractivity contribution in [3.63, 3.8) is 0 Å². The van der Waals surface area contributed by atoms with E-state index in [1.807, 2.05) is 62.4 Å². The molecule has 0 atom stereocenters. The number of carbonyl (C=O) groups excluding carboxylic acids is 1. The molecule has 29 heavy (non-hydrogen) atoms. The van der Waals surface area contributed by atoms with Crippen LogP contribution in [-0.2, 0) is 0 Å². The van der Waals surface area contributed by atoms with E-state index < -0.39 is 5.97 Å². The standard InChI is InChI=1S/C24H17Br2NO2/c1-14-11-15(2)23-20(12-14)21(24(28)29-19-9-7-18(26)8-10-19)13-22(27-23)16-3-5-17(25)6-4-16/h3-13H,1-2H3. The van der Waals surface area contributed by atoms with E-state index in [1.165, 1.54) is 0 Å². The zero-order valence-corrected chi connectivity index (χ0v) is 19.0. The number of aryl methyl sites for hydroxylation is 2. The predicted octanol–water partition coefficient (Wildman–Crippen LogP) is 7.26. The highest BCUT2D eigenvalue weighted by molar-refractivity contribution is 9.10. The second-order valence-electron chi connectivity index (χ2n) is 6.88. The second kappa shape index (κ2) is 8.09. The molecule has 0 aliphatic heterocycles. The van der Waals surface area contributed by atoms with E-state index in [-0.39, 0.29) is 0 Å². The first kappa shape index (κ1) is 19.8. The number of hydrogen-bond acceptors (Lipinski definition) is 3. The molecule has 0 N–H and O–H groups in total. The van der Waals surface area contributed by atoms with E-state index in [2.05, 4.69) is 37.9 Å². The van der Waals surface area contributed by atoms with Crippen molar-refractivity contribution >= 4 is 48.7 Å². The van der Waals surface area contributed by atoms with Crippen molar-refractivity contribution in [2.45, 2.75) is 13.8 Å². The predicted molar refractivity (Wildman–Crippen MR) is 123 cm³/mol. The number of pyridine rings is 1. The third-order valence-corrected chi connectivity index (χ3v) is 5.69. The zero-order chi connectivity index (χ0) is 20.5. The molecular weight excluding hydrogens is 494 g/mol. The summed E-state index contributed by atoms with van der Waals surface area (Å²) in [5, 5.41) is 0.797. The SMILES string of the molecule is Cc1cc(C)c2nc(-c3ccc(Br)cc3)cc(C(=O)Oc3ccc(Br)cc3)c2c1. The van der Waals surface area contributed by atoms with Gasteiger partial charge >= 0.3 is 5.97 Å². The van der Waals surface area contributed by atoms with Crippen LogP contribution in [0.5, 0.6) is 5.75 Å². The molecule has 0 amide bonds. The zero-order valence-electron chi connectivity index (χ0n) is 15.9. The van der Waals surface area contributed by atoms with Gasteiger partial charge in [-0.1, -0.05) is 55.6 Å². The molecule has 0 aliphatic carbocycles. The second-order valence-corrected chi connectivity index (χ2v) is 8.71. The number of aromatic nitrogens is 1. The summed E-state index contributed by atoms with van der Waals surface area (Å²) in [4.78, 5) is 18.0. The van der Waals surface area contributed by atoms with E-state index in [0.29, 0.717) is 11.3 Å². The summed E-state index contributed by atoms with van der Waals surface area (Å²) in [7, 11) is 0. The van der Waals surface area contributed by atoms with Crippen LogP contribution in [0.1, 0.15) is 21.5 Å². The molecule has 1 aromatic heterocycles. The van der Waals surface area contributed by atoms with Gasteiger partial charge in [-0.25, -0.2) is 9.78 Å². The maximum atomic E-state index is 13.1. The van der Waals surface area contributed by atoms with Crippen molar-refractivity contribution in [2.75, 3.05) is 0 Å². The summed E-state index contributed by atoms with van der Waals surface area (Å²) >= 11 is 6.85. The Labute approximate surface area is 186 Å². The topological polar surface area (TPSA) is 39.2 Å². The van der Waals surface area contributed by atoms with Crippen LogP contribution < -0.4 is 4.74 Å². The largest absolute Gasteiger partial charge is 0.423 e. The third-order valence-electron chi connectivity index (χ3n) is 4.63. The van der Waals surface area contributed by atoms with Gasteiger partial charge in [-0.05, 0) is 67.9 Å². The first-order chi connectivity index (χ1) is 13.9. The van der Waals surface area contributed by atoms with Crippen LogP contribution in [0.15, 0.2) is 75.7 Å². The maximum Gasteiger partial charge on any atom is 0.344 e. The van der Waals surface area contributed by atoms with Crippen LogP contribution in [0.25, 0.3) is 22.2 Å². The van der Waals surface area contributed by atoms with Crippen molar-refractivity contribution in [3.8, 4) is 17.0 Å². The number of fused-ring (bicyclic) bond motifs is 1. The first-order valence-corrected chi connectivity index (χ1v) is 10.6. The summed E-state index contributed by atoms with van der Waals surface area (Å²) < 4.78 is 7.57. The molecule has 4 rings (SSSR count). The number of halogens is 2. The monoisotopic (exact) mass is 509 g/mol. The average Bonchev–Trinajstić information content (AvgIpc) is 2.69. The van der Waals surface area contributed by atoms with Crippen LogP contribution in [0.4, 0.5) is 0 Å². The number of benzene rings is 3. The molecule has 0 radical (unpaired) electrons. The lowest BCUT2D eigenvalue weighted by atomic mass is 10.00. The molecule has 0 unspecified atom stereocenters. The van der Waals surface area contributed by atoms with Gasteiger partial charge in [-0.15, -0.1) is 0 Å². The molecule has 5 heteroatoms. The van der Waals surface area contributed by atoms with Crippen molar-refractivity contribution in [1.82, 2.24) is 4.98 Å². The summed E-state index contributed by atoms with van der Waals surface area (Å²) in [6.07, 6.45) is 0. The van der Waals surface area contributed by atoms with Crippen molar-refractivity contribution < 1.29 is 9.53 Å². The van der Waals surface area contributed by atoms with Crippen LogP contribution in [0.2, 0.25) is 0 Å². The molecule has 0 bridgehead atoms. The lowest BCUT2D eigenvalue weighted by molar-refractivity contribution is 0.0737. The van der Waals surface area contributed by atoms with E-state index in [1.54, 1.807) is 12.1 Å². The molecule has 3 aromatic carbocycles. The highest BCUT2D eigenvalue weighted by Crippen LogP contribution is 2.29. The van der Waals surface area contributed by atoms with Gasteiger partial charge in [-0.3, -0.25) is 0 Å². The van der Waals surface area contributed by atoms with E-state index in [4.69, 9.17) is 9.72 Å². The smallest absolute Gasteiger partial charge is 0.344 e. The highest BCUT2D eigenvalue weighted by Gasteiger charge is 2.18. The van der Waals surface area contributed by atoms with Gasteiger partial charge < -0.3 is 4.74 Å². The Morgan fingerprint density at radius 1 is 0.862 bits per heavy atom. The lowest BCUT2D eigenvalue weighted by Crippen LogP contribution is -2.10. The minimum absolute atomic E-state index is 0.400. The Balaban J connectivity index is 1.86. The molecule has 4 aromatic rings. The molecule has 0 saturated carbocycles. The molecule has 0 spiro atoms. The molecular formula is C24H17Br2NO2. The molecule has 0 saturated heterocycles. The van der Waals surface area contributed by atoms with E-state index in [9.17, 15) is 4.79 Å². The number of nitrogens with zero attached hydrogens (tertiary/aromatic N) is 1. The number of ether oxygens (including phenoxy) is 1. The Morgan fingerprint density at radius 2 is 1.48 bits per heavy atom. The van der Waals surface area contributed by atoms with Crippen LogP contribution in [0.3, 0.4) is 0 Å². The highest BCUT2D eigenvalue weighted by atomic mass is 79.9. The minimum atomic E-state index is -0.400. The van der Waals surface area contributed by atoms with Gasteiger partial charge in [0, 0.05) is 19.9 Å². The first-order valence-electron chi connectivity index (χ1n) is 9.06. The molecule has 1 heterocycles. The Kier molecular flexibility index (Phi) is 5.52. The van der Waals surface area contributed by atoms with Crippen molar-refractivity contribution in [2.24, 2.45) is 0 Å². The third kappa shape index (κ3) is 4.26. The van der Waals surface area contributed by atoms with E-state index in [0.717, 1.165) is 42.2 Å². The molecule has 3 nitrogen and oxygen atoms in total. The van der Waals surface area contributed by atoms with Crippen LogP contribution in [0, 0.1) is 13.8 Å². The normalized spacial score (nSPS) is 10.9. The Bertz CT molecular complexity index is 1220. The van der Waals surface area contributed by atoms with Gasteiger partial charge in [0.2, 0.25) is 0 Å². The fraction of sp³-hybridized carbons (Fsp3) is 0.0833. The molecule has 144 valence electrons. The number of rotatable bonds is 3. The van der Waals surface area contributed by atoms with Gasteiger partial charge in [0.05, 0.1) is 16.8 Å². The molecule has 0 fully saturated rings. The Hall–Kier alpha value is -2.50. The summed E-state index contributed by atoms with van der Waals surface area (Å²) in [6, 6.07) is 21.0. The van der Waals surface area contributed by atoms with Gasteiger partial charge in [-0.2, -0.15) is 0 Å². The Morgan fingerprint density at radius 3 is 2.14 bits per heavy atom. The number of esters is 1. The molecule has 0 aliphatic rings. The van der Waals surface area contributed by atoms with Crippen LogP contribution >= 0.6 is 31.9 Å². The van der Waals surface area contributed by atoms with Gasteiger partial charge in [0.15, 0.2) is 0 Å². The maximum absolute atomic E-state index is 13.1.